The molecule has 30 heavy (non-hydrogen) atoms. The van der Waals surface area contributed by atoms with Crippen LogP contribution >= 0.6 is 0 Å². The summed E-state index contributed by atoms with van der Waals surface area (Å²) in [5, 5.41) is 0. The van der Waals surface area contributed by atoms with E-state index in [0.717, 1.165) is 24.9 Å². The summed E-state index contributed by atoms with van der Waals surface area (Å²) in [6.07, 6.45) is 1.78. The number of imide groups is 1. The van der Waals surface area contributed by atoms with Gasteiger partial charge in [0.2, 0.25) is 11.8 Å². The molecule has 2 amide bonds. The fourth-order valence-electron chi connectivity index (χ4n) is 5.39. The fraction of sp³-hybridized carbons (Fsp3) is 0.375. The van der Waals surface area contributed by atoms with Gasteiger partial charge in [-0.3, -0.25) is 19.3 Å². The zero-order chi connectivity index (χ0) is 21.0. The Morgan fingerprint density at radius 1 is 0.967 bits per heavy atom. The zero-order valence-electron chi connectivity index (χ0n) is 17.1. The van der Waals surface area contributed by atoms with Crippen LogP contribution in [0.5, 0.6) is 5.75 Å². The van der Waals surface area contributed by atoms with Crippen LogP contribution in [0.4, 0.5) is 5.69 Å². The average molecular weight is 404 g/mol. The molecule has 0 aromatic heterocycles. The largest absolute Gasteiger partial charge is 0.497 e. The monoisotopic (exact) mass is 404 g/mol. The number of benzene rings is 2. The lowest BCUT2D eigenvalue weighted by Crippen LogP contribution is -2.46. The molecule has 4 atom stereocenters. The highest BCUT2D eigenvalue weighted by Crippen LogP contribution is 2.48. The predicted molar refractivity (Wildman–Crippen MR) is 111 cm³/mol. The number of fused-ring (bicyclic) bond motifs is 3. The summed E-state index contributed by atoms with van der Waals surface area (Å²) in [5.74, 6) is -0.943. The Balaban J connectivity index is 1.52. The van der Waals surface area contributed by atoms with Crippen LogP contribution in [-0.4, -0.2) is 48.2 Å². The van der Waals surface area contributed by atoms with Gasteiger partial charge in [0.1, 0.15) is 5.75 Å². The van der Waals surface area contributed by atoms with Crippen LogP contribution in [0, 0.1) is 18.8 Å². The van der Waals surface area contributed by atoms with E-state index in [-0.39, 0.29) is 23.6 Å². The molecule has 0 N–H and O–H groups in total. The van der Waals surface area contributed by atoms with Crippen molar-refractivity contribution < 1.29 is 19.1 Å². The Bertz CT molecular complexity index is 1010. The Hall–Kier alpha value is -2.99. The number of hydrogen-bond acceptors (Lipinski definition) is 5. The van der Waals surface area contributed by atoms with Crippen LogP contribution in [0.15, 0.2) is 48.5 Å². The van der Waals surface area contributed by atoms with Crippen molar-refractivity contribution in [2.45, 2.75) is 31.8 Å². The highest BCUT2D eigenvalue weighted by molar-refractivity contribution is 6.24. The van der Waals surface area contributed by atoms with E-state index in [0.29, 0.717) is 17.0 Å². The average Bonchev–Trinajstić information content (AvgIpc) is 3.40. The Morgan fingerprint density at radius 3 is 2.30 bits per heavy atom. The molecule has 2 aromatic rings. The second kappa shape index (κ2) is 7.06. The lowest BCUT2D eigenvalue weighted by Gasteiger charge is -2.27. The summed E-state index contributed by atoms with van der Waals surface area (Å²) >= 11 is 0. The molecule has 154 valence electrons. The van der Waals surface area contributed by atoms with Crippen molar-refractivity contribution in [3.8, 4) is 5.75 Å². The normalized spacial score (nSPS) is 28.0. The van der Waals surface area contributed by atoms with Crippen molar-refractivity contribution in [2.75, 3.05) is 18.6 Å². The molecule has 3 aliphatic rings. The summed E-state index contributed by atoms with van der Waals surface area (Å²) in [5.41, 5.74) is 2.21. The minimum absolute atomic E-state index is 0.0471. The van der Waals surface area contributed by atoms with Gasteiger partial charge in [-0.25, -0.2) is 4.90 Å². The van der Waals surface area contributed by atoms with Gasteiger partial charge in [0, 0.05) is 11.6 Å². The van der Waals surface area contributed by atoms with Crippen molar-refractivity contribution >= 4 is 23.3 Å². The van der Waals surface area contributed by atoms with E-state index in [9.17, 15) is 14.4 Å². The van der Waals surface area contributed by atoms with E-state index in [1.807, 2.05) is 31.2 Å². The molecule has 0 aliphatic carbocycles. The highest BCUT2D eigenvalue weighted by Gasteiger charge is 2.64. The number of hydrogen-bond donors (Lipinski definition) is 0. The van der Waals surface area contributed by atoms with Crippen LogP contribution in [0.3, 0.4) is 0 Å². The first-order valence-corrected chi connectivity index (χ1v) is 10.4. The lowest BCUT2D eigenvalue weighted by molar-refractivity contribution is -0.123. The minimum Gasteiger partial charge on any atom is -0.497 e. The van der Waals surface area contributed by atoms with Gasteiger partial charge in [0.05, 0.1) is 30.7 Å². The topological polar surface area (TPSA) is 66.9 Å². The lowest BCUT2D eigenvalue weighted by atomic mass is 9.85. The number of ketones is 1. The van der Waals surface area contributed by atoms with Gasteiger partial charge in [0.15, 0.2) is 5.78 Å². The summed E-state index contributed by atoms with van der Waals surface area (Å²) < 4.78 is 5.18. The molecule has 0 spiro atoms. The number of carbonyl (C=O) groups is 3. The molecule has 6 heteroatoms. The molecule has 2 aromatic carbocycles. The van der Waals surface area contributed by atoms with Gasteiger partial charge in [-0.1, -0.05) is 29.8 Å². The molecule has 6 nitrogen and oxygen atoms in total. The summed E-state index contributed by atoms with van der Waals surface area (Å²) in [6.45, 7) is 2.73. The van der Waals surface area contributed by atoms with Crippen molar-refractivity contribution in [3.05, 3.63) is 59.7 Å². The molecular formula is C24H24N2O4. The Morgan fingerprint density at radius 2 is 1.63 bits per heavy atom. The fourth-order valence-corrected chi connectivity index (χ4v) is 5.39. The van der Waals surface area contributed by atoms with Gasteiger partial charge in [-0.2, -0.15) is 0 Å². The number of anilines is 1. The Kier molecular flexibility index (Phi) is 4.47. The number of ether oxygens (including phenoxy) is 1. The molecule has 5 rings (SSSR count). The van der Waals surface area contributed by atoms with Gasteiger partial charge < -0.3 is 4.74 Å². The van der Waals surface area contributed by atoms with Gasteiger partial charge >= 0.3 is 0 Å². The number of nitrogens with zero attached hydrogens (tertiary/aromatic N) is 2. The van der Waals surface area contributed by atoms with Crippen molar-refractivity contribution in [1.29, 1.82) is 0 Å². The molecular weight excluding hydrogens is 380 g/mol. The quantitative estimate of drug-likeness (QED) is 0.579. The maximum Gasteiger partial charge on any atom is 0.239 e. The van der Waals surface area contributed by atoms with E-state index < -0.39 is 17.9 Å². The summed E-state index contributed by atoms with van der Waals surface area (Å²) in [7, 11) is 1.57. The number of Topliss-reactive ketones (excluding diaryl/α,β-unsaturated/α-hetero) is 1. The smallest absolute Gasteiger partial charge is 0.239 e. The van der Waals surface area contributed by atoms with Gasteiger partial charge in [-0.15, -0.1) is 0 Å². The van der Waals surface area contributed by atoms with Crippen LogP contribution in [0.1, 0.15) is 28.8 Å². The third-order valence-corrected chi connectivity index (χ3v) is 6.79. The first-order valence-electron chi connectivity index (χ1n) is 10.4. The number of carbonyl (C=O) groups excluding carboxylic acids is 3. The molecule has 0 unspecified atom stereocenters. The van der Waals surface area contributed by atoms with Crippen LogP contribution in [0.2, 0.25) is 0 Å². The van der Waals surface area contributed by atoms with Crippen molar-refractivity contribution in [1.82, 2.24) is 4.90 Å². The predicted octanol–water partition coefficient (Wildman–Crippen LogP) is 2.84. The van der Waals surface area contributed by atoms with E-state index in [1.54, 1.807) is 31.4 Å². The minimum atomic E-state index is -0.626. The van der Waals surface area contributed by atoms with Crippen molar-refractivity contribution in [2.24, 2.45) is 11.8 Å². The summed E-state index contributed by atoms with van der Waals surface area (Å²) in [4.78, 5) is 43.7. The molecule has 3 fully saturated rings. The van der Waals surface area contributed by atoms with E-state index in [1.165, 1.54) is 4.90 Å². The molecule has 0 radical (unpaired) electrons. The molecule has 3 saturated heterocycles. The number of amides is 2. The van der Waals surface area contributed by atoms with Gasteiger partial charge in [-0.05, 0) is 50.6 Å². The van der Waals surface area contributed by atoms with Crippen molar-refractivity contribution in [3.63, 3.8) is 0 Å². The number of aryl methyl sites for hydroxylation is 1. The SMILES string of the molecule is COc1ccc(N2C(=O)[C@H]3[C@H](C2=O)[C@@H](C(=O)c2ccc(C)cc2)N2CCC[C@H]32)cc1. The first kappa shape index (κ1) is 19.0. The zero-order valence-corrected chi connectivity index (χ0v) is 17.1. The van der Waals surface area contributed by atoms with Crippen LogP contribution in [0.25, 0.3) is 0 Å². The van der Waals surface area contributed by atoms with Crippen LogP contribution < -0.4 is 9.64 Å². The first-order chi connectivity index (χ1) is 14.5. The van der Waals surface area contributed by atoms with Crippen LogP contribution in [-0.2, 0) is 9.59 Å². The number of rotatable bonds is 4. The maximum atomic E-state index is 13.5. The second-order valence-electron chi connectivity index (χ2n) is 8.38. The van der Waals surface area contributed by atoms with E-state index in [4.69, 9.17) is 4.74 Å². The highest BCUT2D eigenvalue weighted by atomic mass is 16.5. The third kappa shape index (κ3) is 2.70. The molecule has 0 saturated carbocycles. The molecule has 3 heterocycles. The third-order valence-electron chi connectivity index (χ3n) is 6.79. The Labute approximate surface area is 175 Å². The molecule has 3 aliphatic heterocycles. The molecule has 0 bridgehead atoms. The standard InChI is InChI=1S/C24H24N2O4/c1-14-5-7-15(8-6-14)22(27)21-20-19(18-4-3-13-25(18)21)23(28)26(24(20)29)16-9-11-17(30-2)12-10-16/h5-12,18-21H,3-4,13H2,1-2H3/t18-,19-,20+,21+/m1/s1. The van der Waals surface area contributed by atoms with E-state index in [2.05, 4.69) is 4.90 Å². The number of methoxy groups -OCH3 is 1. The summed E-state index contributed by atoms with van der Waals surface area (Å²) in [6, 6.07) is 13.7. The maximum absolute atomic E-state index is 13.5. The van der Waals surface area contributed by atoms with E-state index >= 15 is 0 Å². The van der Waals surface area contributed by atoms with Gasteiger partial charge in [0.25, 0.3) is 0 Å². The second-order valence-corrected chi connectivity index (χ2v) is 8.38.